The smallest absolute Gasteiger partial charge is 0.263 e. The zero-order valence-corrected chi connectivity index (χ0v) is 18.6. The van der Waals surface area contributed by atoms with Gasteiger partial charge in [0.25, 0.3) is 11.8 Å². The first kappa shape index (κ1) is 21.4. The lowest BCUT2D eigenvalue weighted by Crippen LogP contribution is -2.20. The van der Waals surface area contributed by atoms with Crippen LogP contribution in [0.3, 0.4) is 0 Å². The lowest BCUT2D eigenvalue weighted by Gasteiger charge is -2.15. The summed E-state index contributed by atoms with van der Waals surface area (Å²) in [5.74, 6) is 0.361. The van der Waals surface area contributed by atoms with Gasteiger partial charge in [0, 0.05) is 5.69 Å². The maximum atomic E-state index is 12.2. The van der Waals surface area contributed by atoms with E-state index >= 15 is 0 Å². The average molecular weight is 493 g/mol. The molecule has 0 unspecified atom stereocenters. The third kappa shape index (κ3) is 5.81. The summed E-state index contributed by atoms with van der Waals surface area (Å²) in [6, 6.07) is 12.7. The van der Waals surface area contributed by atoms with Crippen LogP contribution in [0.5, 0.6) is 11.5 Å². The number of halogens is 1. The summed E-state index contributed by atoms with van der Waals surface area (Å²) >= 11 is 9.67. The molecular formula is C20H17BrN2O4S2. The normalized spacial score (nSPS) is 14.6. The first-order valence-electron chi connectivity index (χ1n) is 8.65. The van der Waals surface area contributed by atoms with Crippen molar-refractivity contribution in [3.63, 3.8) is 0 Å². The average Bonchev–Trinajstić information content (AvgIpc) is 2.99. The lowest BCUT2D eigenvalue weighted by atomic mass is 10.2. The van der Waals surface area contributed by atoms with E-state index in [0.717, 1.165) is 5.56 Å². The van der Waals surface area contributed by atoms with Gasteiger partial charge in [0.15, 0.2) is 18.1 Å². The Bertz CT molecular complexity index is 980. The fourth-order valence-electron chi connectivity index (χ4n) is 2.50. The summed E-state index contributed by atoms with van der Waals surface area (Å²) in [5, 5.41) is 5.34. The summed E-state index contributed by atoms with van der Waals surface area (Å²) in [7, 11) is 0. The fraction of sp³-hybridized carbons (Fsp3) is 0.150. The molecule has 2 aromatic carbocycles. The maximum absolute atomic E-state index is 12.2. The van der Waals surface area contributed by atoms with Crippen LogP contribution >= 0.6 is 39.9 Å². The summed E-state index contributed by atoms with van der Waals surface area (Å²) in [5.41, 5.74) is 1.43. The second kappa shape index (κ2) is 9.91. The molecule has 9 heteroatoms. The van der Waals surface area contributed by atoms with Crippen LogP contribution in [0.4, 0.5) is 5.69 Å². The number of carbonyl (C=O) groups is 2. The van der Waals surface area contributed by atoms with Gasteiger partial charge in [-0.15, -0.1) is 0 Å². The highest BCUT2D eigenvalue weighted by atomic mass is 79.9. The number of ether oxygens (including phenoxy) is 2. The molecule has 1 heterocycles. The number of thioether (sulfide) groups is 1. The number of nitrogens with one attached hydrogen (secondary N) is 2. The summed E-state index contributed by atoms with van der Waals surface area (Å²) in [6.07, 6.45) is 1.72. The fourth-order valence-corrected chi connectivity index (χ4v) is 4.12. The van der Waals surface area contributed by atoms with Crippen molar-refractivity contribution < 1.29 is 19.1 Å². The number of thiocarbonyl (C=S) groups is 1. The van der Waals surface area contributed by atoms with Crippen molar-refractivity contribution in [1.82, 2.24) is 5.32 Å². The number of amides is 2. The second-order valence-electron chi connectivity index (χ2n) is 5.82. The Kier molecular flexibility index (Phi) is 7.29. The Labute approximate surface area is 186 Å². The van der Waals surface area contributed by atoms with Gasteiger partial charge in [0.2, 0.25) is 0 Å². The van der Waals surface area contributed by atoms with Crippen molar-refractivity contribution in [1.29, 1.82) is 0 Å². The van der Waals surface area contributed by atoms with Crippen LogP contribution < -0.4 is 20.1 Å². The number of para-hydroxylation sites is 1. The molecular weight excluding hydrogens is 476 g/mol. The van der Waals surface area contributed by atoms with E-state index in [4.69, 9.17) is 21.7 Å². The molecule has 6 nitrogen and oxygen atoms in total. The minimum absolute atomic E-state index is 0.180. The second-order valence-corrected chi connectivity index (χ2v) is 8.39. The highest BCUT2D eigenvalue weighted by Crippen LogP contribution is 2.38. The number of hydrogen-bond donors (Lipinski definition) is 2. The van der Waals surface area contributed by atoms with E-state index in [0.29, 0.717) is 37.5 Å². The summed E-state index contributed by atoms with van der Waals surface area (Å²) < 4.78 is 12.4. The Morgan fingerprint density at radius 2 is 2.03 bits per heavy atom. The molecule has 2 amide bonds. The Morgan fingerprint density at radius 3 is 2.69 bits per heavy atom. The van der Waals surface area contributed by atoms with E-state index in [2.05, 4.69) is 26.6 Å². The largest absolute Gasteiger partial charge is 0.490 e. The SMILES string of the molecule is CCOc1cc(/C=C2\SC(=S)NC2=O)cc(Br)c1OCC(=O)Nc1ccccc1. The zero-order valence-electron chi connectivity index (χ0n) is 15.4. The molecule has 0 saturated carbocycles. The number of benzene rings is 2. The summed E-state index contributed by atoms with van der Waals surface area (Å²) in [4.78, 5) is 24.5. The van der Waals surface area contributed by atoms with Crippen molar-refractivity contribution in [3.8, 4) is 11.5 Å². The molecule has 1 fully saturated rings. The maximum Gasteiger partial charge on any atom is 0.263 e. The number of anilines is 1. The molecule has 0 bridgehead atoms. The molecule has 150 valence electrons. The third-order valence-corrected chi connectivity index (χ3v) is 5.43. The monoisotopic (exact) mass is 492 g/mol. The van der Waals surface area contributed by atoms with Gasteiger partial charge in [-0.3, -0.25) is 9.59 Å². The van der Waals surface area contributed by atoms with Crippen LogP contribution in [-0.2, 0) is 9.59 Å². The molecule has 3 rings (SSSR count). The van der Waals surface area contributed by atoms with Gasteiger partial charge in [-0.1, -0.05) is 42.2 Å². The van der Waals surface area contributed by atoms with Gasteiger partial charge >= 0.3 is 0 Å². The van der Waals surface area contributed by atoms with E-state index in [1.54, 1.807) is 30.3 Å². The van der Waals surface area contributed by atoms with Crippen LogP contribution in [0.1, 0.15) is 12.5 Å². The van der Waals surface area contributed by atoms with Gasteiger partial charge in [0.1, 0.15) is 4.32 Å². The van der Waals surface area contributed by atoms with Gasteiger partial charge in [-0.25, -0.2) is 0 Å². The van der Waals surface area contributed by atoms with Crippen LogP contribution in [0, 0.1) is 0 Å². The predicted molar refractivity (Wildman–Crippen MR) is 122 cm³/mol. The van der Waals surface area contributed by atoms with Crippen molar-refractivity contribution >= 4 is 67.8 Å². The van der Waals surface area contributed by atoms with Crippen LogP contribution in [0.25, 0.3) is 6.08 Å². The van der Waals surface area contributed by atoms with E-state index < -0.39 is 0 Å². The van der Waals surface area contributed by atoms with Gasteiger partial charge < -0.3 is 20.1 Å². The van der Waals surface area contributed by atoms with E-state index in [9.17, 15) is 9.59 Å². The predicted octanol–water partition coefficient (Wildman–Crippen LogP) is 4.35. The molecule has 0 aromatic heterocycles. The Morgan fingerprint density at radius 1 is 1.28 bits per heavy atom. The molecule has 1 aliphatic heterocycles. The van der Waals surface area contributed by atoms with Crippen molar-refractivity contribution in [3.05, 3.63) is 57.4 Å². The highest BCUT2D eigenvalue weighted by Gasteiger charge is 2.22. The number of rotatable bonds is 7. The molecule has 0 atom stereocenters. The number of hydrogen-bond acceptors (Lipinski definition) is 6. The molecule has 1 saturated heterocycles. The minimum Gasteiger partial charge on any atom is -0.490 e. The number of carbonyl (C=O) groups excluding carboxylic acids is 2. The lowest BCUT2D eigenvalue weighted by molar-refractivity contribution is -0.118. The quantitative estimate of drug-likeness (QED) is 0.441. The van der Waals surface area contributed by atoms with E-state index in [1.165, 1.54) is 11.8 Å². The molecule has 0 spiro atoms. The molecule has 2 aromatic rings. The van der Waals surface area contributed by atoms with Crippen LogP contribution in [-0.4, -0.2) is 29.3 Å². The molecule has 1 aliphatic rings. The molecule has 29 heavy (non-hydrogen) atoms. The Balaban J connectivity index is 1.76. The first-order valence-corrected chi connectivity index (χ1v) is 10.7. The first-order chi connectivity index (χ1) is 14.0. The minimum atomic E-state index is -0.288. The van der Waals surface area contributed by atoms with Crippen molar-refractivity contribution in [2.45, 2.75) is 6.92 Å². The van der Waals surface area contributed by atoms with Gasteiger partial charge in [0.05, 0.1) is 16.0 Å². The van der Waals surface area contributed by atoms with E-state index in [1.807, 2.05) is 25.1 Å². The summed E-state index contributed by atoms with van der Waals surface area (Å²) in [6.45, 7) is 2.09. The topological polar surface area (TPSA) is 76.7 Å². The van der Waals surface area contributed by atoms with Crippen molar-refractivity contribution in [2.24, 2.45) is 0 Å². The van der Waals surface area contributed by atoms with Crippen LogP contribution in [0.15, 0.2) is 51.8 Å². The molecule has 0 radical (unpaired) electrons. The zero-order chi connectivity index (χ0) is 20.8. The molecule has 2 N–H and O–H groups in total. The van der Waals surface area contributed by atoms with Crippen molar-refractivity contribution in [2.75, 3.05) is 18.5 Å². The van der Waals surface area contributed by atoms with E-state index in [-0.39, 0.29) is 18.4 Å². The van der Waals surface area contributed by atoms with Crippen LogP contribution in [0.2, 0.25) is 0 Å². The Hall–Kier alpha value is -2.36. The van der Waals surface area contributed by atoms with Gasteiger partial charge in [-0.2, -0.15) is 0 Å². The molecule has 0 aliphatic carbocycles. The highest BCUT2D eigenvalue weighted by molar-refractivity contribution is 9.10. The standard InChI is InChI=1S/C20H17BrN2O4S2/c1-2-26-15-9-12(10-16-19(25)23-20(28)29-16)8-14(21)18(15)27-11-17(24)22-13-6-4-3-5-7-13/h3-10H,2,11H2,1H3,(H,22,24)(H,23,25,28)/b16-10-. The van der Waals surface area contributed by atoms with Gasteiger partial charge in [-0.05, 0) is 58.8 Å². The third-order valence-electron chi connectivity index (χ3n) is 3.68.